The van der Waals surface area contributed by atoms with E-state index in [1.807, 2.05) is 13.8 Å². The van der Waals surface area contributed by atoms with Crippen LogP contribution in [0.1, 0.15) is 39.5 Å². The summed E-state index contributed by atoms with van der Waals surface area (Å²) in [5.41, 5.74) is 1.18. The van der Waals surface area contributed by atoms with Crippen molar-refractivity contribution in [3.8, 4) is 0 Å². The van der Waals surface area contributed by atoms with E-state index < -0.39 is 5.41 Å². The number of Topliss-reactive ketones (excluding diaryl/α,β-unsaturated/α-hetero) is 1. The van der Waals surface area contributed by atoms with Gasteiger partial charge in [0.25, 0.3) is 0 Å². The molecular formula is C12H15ClO2. The zero-order valence-electron chi connectivity index (χ0n) is 9.10. The molecule has 0 N–H and O–H groups in total. The number of carbonyl (C=O) groups excluding carboxylic acids is 2. The number of carbonyl (C=O) groups is 2. The average Bonchev–Trinajstić information content (AvgIpc) is 2.54. The van der Waals surface area contributed by atoms with Gasteiger partial charge in [0.1, 0.15) is 0 Å². The third-order valence-corrected chi connectivity index (χ3v) is 4.47. The van der Waals surface area contributed by atoms with Crippen molar-refractivity contribution in [2.75, 3.05) is 0 Å². The van der Waals surface area contributed by atoms with Gasteiger partial charge in [-0.3, -0.25) is 9.59 Å². The molecule has 0 spiro atoms. The fourth-order valence-corrected chi connectivity index (χ4v) is 3.12. The van der Waals surface area contributed by atoms with Gasteiger partial charge in [0.05, 0.1) is 5.41 Å². The summed E-state index contributed by atoms with van der Waals surface area (Å²) in [7, 11) is 0. The molecular weight excluding hydrogens is 212 g/mol. The van der Waals surface area contributed by atoms with E-state index in [1.54, 1.807) is 0 Å². The van der Waals surface area contributed by atoms with Crippen molar-refractivity contribution in [3.05, 3.63) is 11.1 Å². The zero-order valence-corrected chi connectivity index (χ0v) is 9.86. The highest BCUT2D eigenvalue weighted by Crippen LogP contribution is 2.50. The van der Waals surface area contributed by atoms with Crippen LogP contribution in [0.5, 0.6) is 0 Å². The summed E-state index contributed by atoms with van der Waals surface area (Å²) in [4.78, 5) is 23.4. The maximum absolute atomic E-state index is 11.8. The second-order valence-electron chi connectivity index (χ2n) is 4.82. The Hall–Kier alpha value is -0.630. The molecule has 0 radical (unpaired) electrons. The first-order valence-electron chi connectivity index (χ1n) is 5.43. The first kappa shape index (κ1) is 10.9. The van der Waals surface area contributed by atoms with Crippen molar-refractivity contribution < 1.29 is 9.59 Å². The average molecular weight is 227 g/mol. The molecule has 2 rings (SSSR count). The molecule has 15 heavy (non-hydrogen) atoms. The van der Waals surface area contributed by atoms with E-state index >= 15 is 0 Å². The Morgan fingerprint density at radius 2 is 2.07 bits per heavy atom. The van der Waals surface area contributed by atoms with Gasteiger partial charge in [-0.05, 0) is 43.7 Å². The summed E-state index contributed by atoms with van der Waals surface area (Å²) < 4.78 is 0. The first-order valence-corrected chi connectivity index (χ1v) is 5.81. The molecule has 0 aliphatic heterocycles. The maximum atomic E-state index is 11.8. The van der Waals surface area contributed by atoms with E-state index in [0.717, 1.165) is 24.8 Å². The number of rotatable bonds is 1. The van der Waals surface area contributed by atoms with Gasteiger partial charge in [0.2, 0.25) is 5.24 Å². The minimum Gasteiger partial charge on any atom is -0.295 e. The van der Waals surface area contributed by atoms with Crippen LogP contribution in [0.15, 0.2) is 11.1 Å². The monoisotopic (exact) mass is 226 g/mol. The van der Waals surface area contributed by atoms with Gasteiger partial charge >= 0.3 is 0 Å². The molecule has 0 amide bonds. The predicted molar refractivity (Wildman–Crippen MR) is 58.6 cm³/mol. The lowest BCUT2D eigenvalue weighted by Crippen LogP contribution is -2.38. The molecule has 0 aromatic carbocycles. The SMILES string of the molecule is C[C@@H]1CCC2=C(C(=O)CC2)[C@]1(C)C(=O)Cl. The second kappa shape index (κ2) is 3.44. The van der Waals surface area contributed by atoms with Gasteiger partial charge in [0, 0.05) is 12.0 Å². The normalized spacial score (nSPS) is 35.7. The van der Waals surface area contributed by atoms with Crippen molar-refractivity contribution in [1.29, 1.82) is 0 Å². The van der Waals surface area contributed by atoms with Gasteiger partial charge in [0.15, 0.2) is 5.78 Å². The minimum atomic E-state index is -0.733. The molecule has 2 aliphatic rings. The highest BCUT2D eigenvalue weighted by molar-refractivity contribution is 6.65. The van der Waals surface area contributed by atoms with Crippen LogP contribution in [0.3, 0.4) is 0 Å². The Kier molecular flexibility index (Phi) is 2.50. The van der Waals surface area contributed by atoms with Crippen LogP contribution in [0.2, 0.25) is 0 Å². The molecule has 2 nitrogen and oxygen atoms in total. The second-order valence-corrected chi connectivity index (χ2v) is 5.16. The number of ketones is 1. The van der Waals surface area contributed by atoms with Crippen molar-refractivity contribution in [2.24, 2.45) is 11.3 Å². The number of hydrogen-bond acceptors (Lipinski definition) is 2. The highest BCUT2D eigenvalue weighted by atomic mass is 35.5. The third kappa shape index (κ3) is 1.38. The third-order valence-electron chi connectivity index (χ3n) is 4.08. The van der Waals surface area contributed by atoms with E-state index in [4.69, 9.17) is 11.6 Å². The molecule has 0 unspecified atom stereocenters. The largest absolute Gasteiger partial charge is 0.295 e. The van der Waals surface area contributed by atoms with Crippen LogP contribution in [-0.4, -0.2) is 11.0 Å². The number of allylic oxidation sites excluding steroid dienone is 2. The van der Waals surface area contributed by atoms with Crippen molar-refractivity contribution in [1.82, 2.24) is 0 Å². The molecule has 0 fully saturated rings. The van der Waals surface area contributed by atoms with E-state index in [0.29, 0.717) is 6.42 Å². The smallest absolute Gasteiger partial charge is 0.232 e. The number of halogens is 1. The first-order chi connectivity index (χ1) is 6.98. The molecule has 0 aromatic heterocycles. The Bertz CT molecular complexity index is 370. The summed E-state index contributed by atoms with van der Waals surface area (Å²) in [6.45, 7) is 3.83. The quantitative estimate of drug-likeness (QED) is 0.645. The van der Waals surface area contributed by atoms with Crippen molar-refractivity contribution in [3.63, 3.8) is 0 Å². The summed E-state index contributed by atoms with van der Waals surface area (Å²) >= 11 is 5.70. The lowest BCUT2D eigenvalue weighted by atomic mass is 9.66. The van der Waals surface area contributed by atoms with Gasteiger partial charge < -0.3 is 0 Å². The van der Waals surface area contributed by atoms with Crippen LogP contribution >= 0.6 is 11.6 Å². The van der Waals surface area contributed by atoms with Gasteiger partial charge in [-0.25, -0.2) is 0 Å². The molecule has 0 saturated carbocycles. The molecule has 0 heterocycles. The zero-order chi connectivity index (χ0) is 11.2. The standard InChI is InChI=1S/C12H15ClO2/c1-7-3-4-8-5-6-9(14)10(8)12(7,2)11(13)15/h7H,3-6H2,1-2H3/t7-,12-/m1/s1. The van der Waals surface area contributed by atoms with E-state index in [1.165, 1.54) is 5.57 Å². The lowest BCUT2D eigenvalue weighted by molar-refractivity contribution is -0.124. The summed E-state index contributed by atoms with van der Waals surface area (Å²) in [6, 6.07) is 0. The van der Waals surface area contributed by atoms with Crippen LogP contribution in [0.4, 0.5) is 0 Å². The lowest BCUT2D eigenvalue weighted by Gasteiger charge is -2.37. The Labute approximate surface area is 94.7 Å². The van der Waals surface area contributed by atoms with Crippen molar-refractivity contribution in [2.45, 2.75) is 39.5 Å². The molecule has 3 heteroatoms. The summed E-state index contributed by atoms with van der Waals surface area (Å²) in [5, 5.41) is -0.377. The summed E-state index contributed by atoms with van der Waals surface area (Å²) in [5.74, 6) is 0.302. The molecule has 2 aliphatic carbocycles. The van der Waals surface area contributed by atoms with Gasteiger partial charge in [-0.1, -0.05) is 12.5 Å². The van der Waals surface area contributed by atoms with E-state index in [-0.39, 0.29) is 16.9 Å². The van der Waals surface area contributed by atoms with Crippen LogP contribution in [0, 0.1) is 11.3 Å². The van der Waals surface area contributed by atoms with E-state index in [9.17, 15) is 9.59 Å². The van der Waals surface area contributed by atoms with Crippen LogP contribution in [0.25, 0.3) is 0 Å². The van der Waals surface area contributed by atoms with Crippen LogP contribution < -0.4 is 0 Å². The molecule has 2 atom stereocenters. The van der Waals surface area contributed by atoms with Gasteiger partial charge in [-0.2, -0.15) is 0 Å². The minimum absolute atomic E-state index is 0.132. The Balaban J connectivity index is 2.54. The fourth-order valence-electron chi connectivity index (χ4n) is 2.84. The maximum Gasteiger partial charge on any atom is 0.232 e. The molecule has 82 valence electrons. The predicted octanol–water partition coefficient (Wildman–Crippen LogP) is 2.85. The Morgan fingerprint density at radius 1 is 1.40 bits per heavy atom. The van der Waals surface area contributed by atoms with E-state index in [2.05, 4.69) is 0 Å². The summed E-state index contributed by atoms with van der Waals surface area (Å²) in [6.07, 6.45) is 3.32. The topological polar surface area (TPSA) is 34.1 Å². The highest BCUT2D eigenvalue weighted by Gasteiger charge is 2.49. The van der Waals surface area contributed by atoms with Crippen molar-refractivity contribution >= 4 is 22.6 Å². The Morgan fingerprint density at radius 3 is 2.67 bits per heavy atom. The molecule has 0 aromatic rings. The van der Waals surface area contributed by atoms with Crippen LogP contribution in [-0.2, 0) is 9.59 Å². The molecule has 0 saturated heterocycles. The molecule has 0 bridgehead atoms. The number of hydrogen-bond donors (Lipinski definition) is 0. The van der Waals surface area contributed by atoms with Gasteiger partial charge in [-0.15, -0.1) is 0 Å². The fraction of sp³-hybridized carbons (Fsp3) is 0.667.